The van der Waals surface area contributed by atoms with Crippen molar-refractivity contribution in [2.24, 2.45) is 5.92 Å². The van der Waals surface area contributed by atoms with E-state index in [1.54, 1.807) is 0 Å². The highest BCUT2D eigenvalue weighted by Gasteiger charge is 2.20. The van der Waals surface area contributed by atoms with Crippen LogP contribution in [-0.4, -0.2) is 26.3 Å². The molecule has 0 atom stereocenters. The smallest absolute Gasteiger partial charge is 0.0591 e. The fourth-order valence-corrected chi connectivity index (χ4v) is 2.46. The number of hydrogen-bond acceptors (Lipinski definition) is 3. The average molecular weight is 246 g/mol. The average Bonchev–Trinajstić information content (AvgIpc) is 3.08. The molecule has 2 N–H and O–H groups in total. The zero-order valence-corrected chi connectivity index (χ0v) is 10.9. The summed E-state index contributed by atoms with van der Waals surface area (Å²) in [6.07, 6.45) is 3.90. The van der Waals surface area contributed by atoms with E-state index in [1.165, 1.54) is 29.7 Å². The van der Waals surface area contributed by atoms with Gasteiger partial charge in [-0.05, 0) is 36.3 Å². The highest BCUT2D eigenvalue weighted by molar-refractivity contribution is 5.61. The first kappa shape index (κ1) is 12.0. The molecule has 2 aliphatic rings. The Morgan fingerprint density at radius 1 is 1.33 bits per heavy atom. The van der Waals surface area contributed by atoms with Crippen LogP contribution in [0.1, 0.15) is 24.0 Å². The number of benzene rings is 1. The van der Waals surface area contributed by atoms with Crippen LogP contribution in [0.4, 0.5) is 5.69 Å². The van der Waals surface area contributed by atoms with Gasteiger partial charge in [-0.25, -0.2) is 0 Å². The Labute approximate surface area is 109 Å². The first-order valence-electron chi connectivity index (χ1n) is 7.06. The van der Waals surface area contributed by atoms with Crippen molar-refractivity contribution in [3.8, 4) is 0 Å². The SMILES string of the molecule is c1cc2c(c(CNCCOCC3CC3)c1)NCC2. The molecular formula is C15H22N2O. The minimum Gasteiger partial charge on any atom is -0.384 e. The molecule has 0 aromatic heterocycles. The van der Waals surface area contributed by atoms with Crippen molar-refractivity contribution in [1.29, 1.82) is 0 Å². The van der Waals surface area contributed by atoms with Crippen LogP contribution < -0.4 is 10.6 Å². The van der Waals surface area contributed by atoms with E-state index in [1.807, 2.05) is 0 Å². The highest BCUT2D eigenvalue weighted by atomic mass is 16.5. The summed E-state index contributed by atoms with van der Waals surface area (Å²) in [7, 11) is 0. The zero-order chi connectivity index (χ0) is 12.2. The molecule has 1 aromatic rings. The summed E-state index contributed by atoms with van der Waals surface area (Å²) in [5, 5.41) is 6.93. The van der Waals surface area contributed by atoms with Crippen molar-refractivity contribution in [3.63, 3.8) is 0 Å². The second-order valence-electron chi connectivity index (χ2n) is 5.32. The summed E-state index contributed by atoms with van der Waals surface area (Å²) in [5.74, 6) is 0.867. The fourth-order valence-electron chi connectivity index (χ4n) is 2.46. The summed E-state index contributed by atoms with van der Waals surface area (Å²) in [6.45, 7) is 4.75. The van der Waals surface area contributed by atoms with Gasteiger partial charge in [-0.2, -0.15) is 0 Å². The van der Waals surface area contributed by atoms with Crippen molar-refractivity contribution < 1.29 is 4.74 Å². The fraction of sp³-hybridized carbons (Fsp3) is 0.600. The molecule has 0 unspecified atom stereocenters. The molecule has 1 aliphatic carbocycles. The van der Waals surface area contributed by atoms with Gasteiger partial charge in [-0.1, -0.05) is 18.2 Å². The van der Waals surface area contributed by atoms with Crippen molar-refractivity contribution in [2.45, 2.75) is 25.8 Å². The second kappa shape index (κ2) is 5.72. The molecule has 1 aliphatic heterocycles. The predicted octanol–water partition coefficient (Wildman–Crippen LogP) is 2.17. The van der Waals surface area contributed by atoms with Gasteiger partial charge < -0.3 is 15.4 Å². The predicted molar refractivity (Wildman–Crippen MR) is 73.9 cm³/mol. The van der Waals surface area contributed by atoms with Crippen LogP contribution in [-0.2, 0) is 17.7 Å². The lowest BCUT2D eigenvalue weighted by Crippen LogP contribution is -2.20. The first-order valence-corrected chi connectivity index (χ1v) is 7.06. The standard InChI is InChI=1S/C15H22N2O/c1-2-13-6-7-17-15(13)14(3-1)10-16-8-9-18-11-12-4-5-12/h1-3,12,16-17H,4-11H2. The minimum atomic E-state index is 0.832. The number of hydrogen-bond donors (Lipinski definition) is 2. The highest BCUT2D eigenvalue weighted by Crippen LogP contribution is 2.28. The lowest BCUT2D eigenvalue weighted by molar-refractivity contribution is 0.126. The molecule has 0 radical (unpaired) electrons. The zero-order valence-electron chi connectivity index (χ0n) is 10.9. The Kier molecular flexibility index (Phi) is 3.81. The molecule has 98 valence electrons. The van der Waals surface area contributed by atoms with Gasteiger partial charge in [0, 0.05) is 31.9 Å². The number of nitrogens with one attached hydrogen (secondary N) is 2. The molecule has 1 saturated carbocycles. The van der Waals surface area contributed by atoms with E-state index in [-0.39, 0.29) is 0 Å². The van der Waals surface area contributed by atoms with E-state index in [2.05, 4.69) is 28.8 Å². The molecule has 18 heavy (non-hydrogen) atoms. The van der Waals surface area contributed by atoms with Gasteiger partial charge in [0.25, 0.3) is 0 Å². The topological polar surface area (TPSA) is 33.3 Å². The maximum Gasteiger partial charge on any atom is 0.0591 e. The molecular weight excluding hydrogens is 224 g/mol. The third-order valence-corrected chi connectivity index (χ3v) is 3.72. The van der Waals surface area contributed by atoms with E-state index < -0.39 is 0 Å². The van der Waals surface area contributed by atoms with Gasteiger partial charge in [0.05, 0.1) is 6.61 Å². The Morgan fingerprint density at radius 3 is 3.17 bits per heavy atom. The monoisotopic (exact) mass is 246 g/mol. The summed E-state index contributed by atoms with van der Waals surface area (Å²) in [6, 6.07) is 6.58. The number of fused-ring (bicyclic) bond motifs is 1. The van der Waals surface area contributed by atoms with E-state index in [9.17, 15) is 0 Å². The molecule has 1 aromatic carbocycles. The van der Waals surface area contributed by atoms with E-state index in [4.69, 9.17) is 4.74 Å². The molecule has 0 saturated heterocycles. The van der Waals surface area contributed by atoms with Crippen LogP contribution in [0.25, 0.3) is 0 Å². The van der Waals surface area contributed by atoms with Gasteiger partial charge in [-0.15, -0.1) is 0 Å². The largest absolute Gasteiger partial charge is 0.384 e. The molecule has 3 heteroatoms. The lowest BCUT2D eigenvalue weighted by Gasteiger charge is -2.10. The Bertz CT molecular complexity index is 401. The Balaban J connectivity index is 1.38. The van der Waals surface area contributed by atoms with E-state index in [0.29, 0.717) is 0 Å². The van der Waals surface area contributed by atoms with Crippen molar-refractivity contribution in [2.75, 3.05) is 31.6 Å². The van der Waals surface area contributed by atoms with Gasteiger partial charge >= 0.3 is 0 Å². The van der Waals surface area contributed by atoms with Crippen molar-refractivity contribution >= 4 is 5.69 Å². The normalized spacial score (nSPS) is 17.6. The van der Waals surface area contributed by atoms with Crippen LogP contribution >= 0.6 is 0 Å². The lowest BCUT2D eigenvalue weighted by atomic mass is 10.1. The maximum absolute atomic E-state index is 5.61. The quantitative estimate of drug-likeness (QED) is 0.723. The third-order valence-electron chi connectivity index (χ3n) is 3.72. The third kappa shape index (κ3) is 3.03. The summed E-state index contributed by atoms with van der Waals surface area (Å²) in [5.41, 5.74) is 4.19. The Morgan fingerprint density at radius 2 is 2.28 bits per heavy atom. The number of rotatable bonds is 7. The van der Waals surface area contributed by atoms with Crippen LogP contribution in [0.5, 0.6) is 0 Å². The molecule has 1 heterocycles. The van der Waals surface area contributed by atoms with E-state index >= 15 is 0 Å². The molecule has 1 fully saturated rings. The second-order valence-corrected chi connectivity index (χ2v) is 5.32. The van der Waals surface area contributed by atoms with Gasteiger partial charge in [0.15, 0.2) is 0 Å². The number of ether oxygens (including phenoxy) is 1. The summed E-state index contributed by atoms with van der Waals surface area (Å²) < 4.78 is 5.61. The number of anilines is 1. The van der Waals surface area contributed by atoms with Crippen LogP contribution in [0.3, 0.4) is 0 Å². The van der Waals surface area contributed by atoms with Crippen LogP contribution in [0.15, 0.2) is 18.2 Å². The Hall–Kier alpha value is -1.06. The minimum absolute atomic E-state index is 0.832. The van der Waals surface area contributed by atoms with Crippen molar-refractivity contribution in [3.05, 3.63) is 29.3 Å². The molecule has 3 nitrogen and oxygen atoms in total. The van der Waals surface area contributed by atoms with Crippen molar-refractivity contribution in [1.82, 2.24) is 5.32 Å². The van der Waals surface area contributed by atoms with Gasteiger partial charge in [-0.3, -0.25) is 0 Å². The molecule has 0 amide bonds. The van der Waals surface area contributed by atoms with Gasteiger partial charge in [0.1, 0.15) is 0 Å². The van der Waals surface area contributed by atoms with E-state index in [0.717, 1.165) is 45.2 Å². The van der Waals surface area contributed by atoms with Crippen LogP contribution in [0, 0.1) is 5.92 Å². The first-order chi connectivity index (χ1) is 8.93. The summed E-state index contributed by atoms with van der Waals surface area (Å²) >= 11 is 0. The van der Waals surface area contributed by atoms with Crippen LogP contribution in [0.2, 0.25) is 0 Å². The maximum atomic E-state index is 5.61. The molecule has 3 rings (SSSR count). The van der Waals surface area contributed by atoms with Gasteiger partial charge in [0.2, 0.25) is 0 Å². The summed E-state index contributed by atoms with van der Waals surface area (Å²) in [4.78, 5) is 0. The number of para-hydroxylation sites is 1. The molecule has 0 bridgehead atoms. The molecule has 0 spiro atoms.